The molecule has 1 saturated heterocycles. The van der Waals surface area contributed by atoms with Gasteiger partial charge < -0.3 is 9.42 Å². The van der Waals surface area contributed by atoms with Crippen LogP contribution in [0.25, 0.3) is 11.4 Å². The molecule has 31 heavy (non-hydrogen) atoms. The first-order valence-electron chi connectivity index (χ1n) is 11.3. The number of rotatable bonds is 5. The Bertz CT molecular complexity index is 999. The Kier molecular flexibility index (Phi) is 5.78. The van der Waals surface area contributed by atoms with Crippen molar-refractivity contribution in [3.05, 3.63) is 66.3 Å². The average molecular weight is 417 g/mol. The molecular formula is C25H28N4O2. The van der Waals surface area contributed by atoms with Crippen LogP contribution in [0.3, 0.4) is 0 Å². The van der Waals surface area contributed by atoms with E-state index in [1.54, 1.807) is 6.20 Å². The number of carbonyl (C=O) groups excluding carboxylic acids is 1. The van der Waals surface area contributed by atoms with Crippen molar-refractivity contribution in [2.45, 2.75) is 50.4 Å². The predicted molar refractivity (Wildman–Crippen MR) is 117 cm³/mol. The summed E-state index contributed by atoms with van der Waals surface area (Å²) in [7, 11) is 0. The molecule has 2 atom stereocenters. The molecule has 1 aliphatic carbocycles. The number of carbonyl (C=O) groups is 1. The minimum atomic E-state index is -0.0236. The van der Waals surface area contributed by atoms with Crippen LogP contribution in [0.4, 0.5) is 0 Å². The monoisotopic (exact) mass is 416 g/mol. The van der Waals surface area contributed by atoms with Crippen molar-refractivity contribution in [2.75, 3.05) is 13.1 Å². The highest BCUT2D eigenvalue weighted by atomic mass is 16.5. The van der Waals surface area contributed by atoms with Crippen LogP contribution < -0.4 is 0 Å². The van der Waals surface area contributed by atoms with Gasteiger partial charge in [-0.05, 0) is 30.4 Å². The number of benzene rings is 1. The lowest BCUT2D eigenvalue weighted by molar-refractivity contribution is -0.131. The van der Waals surface area contributed by atoms with E-state index < -0.39 is 0 Å². The Balaban J connectivity index is 1.38. The standard InChI is InChI=1S/C25H28N4O2/c30-23(14-18-8-3-1-4-9-18)29-16-21(20-12-7-13-26-15-20)22(17-29)25-27-24(28-31-25)19-10-5-2-6-11-19/h2,5-7,10-13,15,18,21-22H,1,3-4,8-9,14,16-17H2/t21-,22+/m0/s1. The van der Waals surface area contributed by atoms with E-state index in [0.717, 1.165) is 11.1 Å². The summed E-state index contributed by atoms with van der Waals surface area (Å²) in [4.78, 5) is 24.2. The minimum absolute atomic E-state index is 0.0236. The molecule has 2 fully saturated rings. The van der Waals surface area contributed by atoms with E-state index >= 15 is 0 Å². The van der Waals surface area contributed by atoms with E-state index in [4.69, 9.17) is 9.51 Å². The van der Waals surface area contributed by atoms with E-state index in [0.29, 0.717) is 37.1 Å². The van der Waals surface area contributed by atoms with Crippen LogP contribution in [0.1, 0.15) is 61.8 Å². The van der Waals surface area contributed by atoms with Gasteiger partial charge in [-0.3, -0.25) is 9.78 Å². The third kappa shape index (κ3) is 4.38. The second kappa shape index (κ2) is 9.00. The summed E-state index contributed by atoms with van der Waals surface area (Å²) in [6.45, 7) is 1.28. The molecule has 160 valence electrons. The van der Waals surface area contributed by atoms with Gasteiger partial charge in [-0.25, -0.2) is 0 Å². The third-order valence-corrected chi connectivity index (χ3v) is 6.76. The van der Waals surface area contributed by atoms with Crippen molar-refractivity contribution in [3.8, 4) is 11.4 Å². The highest BCUT2D eigenvalue weighted by Gasteiger charge is 2.40. The Hall–Kier alpha value is -3.02. The fourth-order valence-electron chi connectivity index (χ4n) is 5.05. The predicted octanol–water partition coefficient (Wildman–Crippen LogP) is 4.81. The largest absolute Gasteiger partial charge is 0.341 e. The number of hydrogen-bond donors (Lipinski definition) is 0. The molecule has 0 radical (unpaired) electrons. The van der Waals surface area contributed by atoms with Gasteiger partial charge in [-0.2, -0.15) is 4.98 Å². The summed E-state index contributed by atoms with van der Waals surface area (Å²) >= 11 is 0. The lowest BCUT2D eigenvalue weighted by atomic mass is 9.87. The maximum absolute atomic E-state index is 13.1. The van der Waals surface area contributed by atoms with E-state index in [-0.39, 0.29) is 17.7 Å². The van der Waals surface area contributed by atoms with Gasteiger partial charge in [-0.1, -0.05) is 60.8 Å². The Morgan fingerprint density at radius 2 is 1.81 bits per heavy atom. The Labute approximate surface area is 182 Å². The molecule has 1 saturated carbocycles. The van der Waals surface area contributed by atoms with E-state index in [2.05, 4.69) is 16.2 Å². The zero-order valence-electron chi connectivity index (χ0n) is 17.7. The van der Waals surface area contributed by atoms with Crippen LogP contribution in [-0.4, -0.2) is 39.0 Å². The van der Waals surface area contributed by atoms with Gasteiger partial charge in [0.25, 0.3) is 0 Å². The highest BCUT2D eigenvalue weighted by molar-refractivity contribution is 5.77. The van der Waals surface area contributed by atoms with Crippen LogP contribution in [-0.2, 0) is 4.79 Å². The van der Waals surface area contributed by atoms with Gasteiger partial charge in [0, 0.05) is 43.4 Å². The molecule has 0 spiro atoms. The summed E-state index contributed by atoms with van der Waals surface area (Å²) < 4.78 is 5.71. The van der Waals surface area contributed by atoms with E-state index in [1.165, 1.54) is 32.1 Å². The molecule has 2 aliphatic rings. The van der Waals surface area contributed by atoms with Crippen molar-refractivity contribution in [2.24, 2.45) is 5.92 Å². The van der Waals surface area contributed by atoms with Gasteiger partial charge in [0.15, 0.2) is 0 Å². The molecule has 0 unspecified atom stereocenters. The molecule has 6 heteroatoms. The van der Waals surface area contributed by atoms with Crippen LogP contribution in [0, 0.1) is 5.92 Å². The van der Waals surface area contributed by atoms with E-state index in [1.807, 2.05) is 47.5 Å². The smallest absolute Gasteiger partial charge is 0.232 e. The third-order valence-electron chi connectivity index (χ3n) is 6.76. The van der Waals surface area contributed by atoms with Gasteiger partial charge in [0.1, 0.15) is 0 Å². The van der Waals surface area contributed by atoms with Crippen molar-refractivity contribution in [1.82, 2.24) is 20.0 Å². The SMILES string of the molecule is O=C(CC1CCCCC1)N1C[C@@H](c2cccnc2)[C@H](c2nc(-c3ccccc3)no2)C1. The van der Waals surface area contributed by atoms with Crippen molar-refractivity contribution >= 4 is 5.91 Å². The summed E-state index contributed by atoms with van der Waals surface area (Å²) in [6, 6.07) is 13.9. The topological polar surface area (TPSA) is 72.1 Å². The summed E-state index contributed by atoms with van der Waals surface area (Å²) in [5.74, 6) is 2.06. The van der Waals surface area contributed by atoms with Gasteiger partial charge in [0.2, 0.25) is 17.6 Å². The summed E-state index contributed by atoms with van der Waals surface area (Å²) in [5.41, 5.74) is 2.04. The van der Waals surface area contributed by atoms with E-state index in [9.17, 15) is 4.79 Å². The number of aromatic nitrogens is 3. The molecule has 1 aliphatic heterocycles. The first-order chi connectivity index (χ1) is 15.3. The first kappa shape index (κ1) is 19.9. The first-order valence-corrected chi connectivity index (χ1v) is 11.3. The number of likely N-dealkylation sites (tertiary alicyclic amines) is 1. The molecule has 3 aromatic rings. The average Bonchev–Trinajstić information content (AvgIpc) is 3.49. The number of nitrogens with zero attached hydrogens (tertiary/aromatic N) is 4. The minimum Gasteiger partial charge on any atom is -0.341 e. The quantitative estimate of drug-likeness (QED) is 0.597. The van der Waals surface area contributed by atoms with Crippen molar-refractivity contribution < 1.29 is 9.32 Å². The summed E-state index contributed by atoms with van der Waals surface area (Å²) in [5, 5.41) is 4.22. The van der Waals surface area contributed by atoms with Gasteiger partial charge in [-0.15, -0.1) is 0 Å². The van der Waals surface area contributed by atoms with Crippen LogP contribution in [0.5, 0.6) is 0 Å². The normalized spacial score (nSPS) is 22.0. The maximum Gasteiger partial charge on any atom is 0.232 e. The van der Waals surface area contributed by atoms with Gasteiger partial charge >= 0.3 is 0 Å². The molecule has 0 bridgehead atoms. The fourth-order valence-corrected chi connectivity index (χ4v) is 5.05. The fraction of sp³-hybridized carbons (Fsp3) is 0.440. The zero-order valence-corrected chi connectivity index (χ0v) is 17.7. The number of hydrogen-bond acceptors (Lipinski definition) is 5. The molecule has 5 rings (SSSR count). The second-order valence-corrected chi connectivity index (χ2v) is 8.83. The zero-order chi connectivity index (χ0) is 21.0. The van der Waals surface area contributed by atoms with Crippen LogP contribution in [0.15, 0.2) is 59.4 Å². The lowest BCUT2D eigenvalue weighted by Crippen LogP contribution is -2.30. The number of pyridine rings is 1. The molecular weight excluding hydrogens is 388 g/mol. The second-order valence-electron chi connectivity index (χ2n) is 8.83. The van der Waals surface area contributed by atoms with Crippen molar-refractivity contribution in [3.63, 3.8) is 0 Å². The van der Waals surface area contributed by atoms with Crippen LogP contribution in [0.2, 0.25) is 0 Å². The molecule has 0 N–H and O–H groups in total. The Morgan fingerprint density at radius 3 is 2.58 bits per heavy atom. The number of amides is 1. The molecule has 1 aromatic carbocycles. The highest BCUT2D eigenvalue weighted by Crippen LogP contribution is 2.40. The molecule has 3 heterocycles. The van der Waals surface area contributed by atoms with Crippen molar-refractivity contribution in [1.29, 1.82) is 0 Å². The van der Waals surface area contributed by atoms with Gasteiger partial charge in [0.05, 0.1) is 5.92 Å². The molecule has 1 amide bonds. The molecule has 2 aromatic heterocycles. The van der Waals surface area contributed by atoms with Crippen LogP contribution >= 0.6 is 0 Å². The Morgan fingerprint density at radius 1 is 1.00 bits per heavy atom. The molecule has 6 nitrogen and oxygen atoms in total. The maximum atomic E-state index is 13.1. The lowest BCUT2D eigenvalue weighted by Gasteiger charge is -2.24. The summed E-state index contributed by atoms with van der Waals surface area (Å²) in [6.07, 6.45) is 10.5.